The number of rotatable bonds is 3. The van der Waals surface area contributed by atoms with Crippen molar-refractivity contribution in [2.45, 2.75) is 32.1 Å². The Bertz CT molecular complexity index is 355. The van der Waals surface area contributed by atoms with Crippen LogP contribution in [0.3, 0.4) is 0 Å². The molecule has 2 nitrogen and oxygen atoms in total. The van der Waals surface area contributed by atoms with Crippen LogP contribution >= 0.6 is 0 Å². The van der Waals surface area contributed by atoms with Crippen molar-refractivity contribution in [3.05, 3.63) is 34.9 Å². The Morgan fingerprint density at radius 3 is 2.24 bits per heavy atom. The van der Waals surface area contributed by atoms with Gasteiger partial charge < -0.3 is 10.1 Å². The maximum absolute atomic E-state index is 5.53. The molecule has 1 aromatic carbocycles. The summed E-state index contributed by atoms with van der Waals surface area (Å²) in [7, 11) is 2.04. The van der Waals surface area contributed by atoms with Gasteiger partial charge in [0.2, 0.25) is 0 Å². The minimum Gasteiger partial charge on any atom is -0.381 e. The summed E-state index contributed by atoms with van der Waals surface area (Å²) in [6, 6.07) is 6.93. The number of likely N-dealkylation sites (N-methyl/N-ethyl adjacent to an activating group) is 1. The normalized spacial score (nSPS) is 19.2. The zero-order valence-electron chi connectivity index (χ0n) is 11.2. The predicted molar refractivity (Wildman–Crippen MR) is 71.6 cm³/mol. The van der Waals surface area contributed by atoms with Crippen LogP contribution < -0.4 is 5.32 Å². The van der Waals surface area contributed by atoms with Gasteiger partial charge in [-0.25, -0.2) is 0 Å². The highest BCUT2D eigenvalue weighted by molar-refractivity contribution is 5.35. The van der Waals surface area contributed by atoms with Gasteiger partial charge in [0.05, 0.1) is 0 Å². The lowest BCUT2D eigenvalue weighted by atomic mass is 9.73. The third kappa shape index (κ3) is 2.70. The molecule has 1 N–H and O–H groups in total. The Labute approximate surface area is 104 Å². The van der Waals surface area contributed by atoms with Gasteiger partial charge in [-0.05, 0) is 39.3 Å². The monoisotopic (exact) mass is 233 g/mol. The van der Waals surface area contributed by atoms with E-state index in [1.54, 1.807) is 0 Å². The molecule has 17 heavy (non-hydrogen) atoms. The fraction of sp³-hybridized carbons (Fsp3) is 0.600. The van der Waals surface area contributed by atoms with Crippen molar-refractivity contribution >= 4 is 0 Å². The number of benzene rings is 1. The van der Waals surface area contributed by atoms with Gasteiger partial charge >= 0.3 is 0 Å². The molecule has 1 saturated heterocycles. The Kier molecular flexibility index (Phi) is 3.85. The smallest absolute Gasteiger partial charge is 0.0475 e. The second-order valence-electron chi connectivity index (χ2n) is 5.30. The molecule has 1 aliphatic heterocycles. The van der Waals surface area contributed by atoms with Crippen LogP contribution in [0, 0.1) is 13.8 Å². The van der Waals surface area contributed by atoms with E-state index in [2.05, 4.69) is 37.4 Å². The van der Waals surface area contributed by atoms with Crippen molar-refractivity contribution in [3.63, 3.8) is 0 Å². The first-order valence-corrected chi connectivity index (χ1v) is 6.47. The van der Waals surface area contributed by atoms with Gasteiger partial charge in [-0.3, -0.25) is 0 Å². The van der Waals surface area contributed by atoms with E-state index in [0.29, 0.717) is 0 Å². The first-order valence-electron chi connectivity index (χ1n) is 6.47. The van der Waals surface area contributed by atoms with Gasteiger partial charge in [0, 0.05) is 25.2 Å². The SMILES string of the molecule is CNCC1(c2cc(C)cc(C)c2)CCOCC1. The van der Waals surface area contributed by atoms with Gasteiger partial charge in [-0.2, -0.15) is 0 Å². The largest absolute Gasteiger partial charge is 0.381 e. The van der Waals surface area contributed by atoms with Crippen LogP contribution in [-0.2, 0) is 10.2 Å². The molecule has 1 fully saturated rings. The molecule has 94 valence electrons. The predicted octanol–water partition coefficient (Wildman–Crippen LogP) is 2.57. The fourth-order valence-corrected chi connectivity index (χ4v) is 2.95. The van der Waals surface area contributed by atoms with Crippen LogP contribution in [0.1, 0.15) is 29.5 Å². The van der Waals surface area contributed by atoms with Crippen molar-refractivity contribution in [2.75, 3.05) is 26.8 Å². The average Bonchev–Trinajstić information content (AvgIpc) is 2.29. The lowest BCUT2D eigenvalue weighted by molar-refractivity contribution is 0.0505. The van der Waals surface area contributed by atoms with E-state index in [4.69, 9.17) is 4.74 Å². The lowest BCUT2D eigenvalue weighted by Gasteiger charge is -2.38. The number of hydrogen-bond acceptors (Lipinski definition) is 2. The van der Waals surface area contributed by atoms with Gasteiger partial charge in [0.15, 0.2) is 0 Å². The van der Waals surface area contributed by atoms with Crippen LogP contribution in [0.15, 0.2) is 18.2 Å². The van der Waals surface area contributed by atoms with Crippen molar-refractivity contribution in [2.24, 2.45) is 0 Å². The molecule has 2 heteroatoms. The molecule has 0 atom stereocenters. The fourth-order valence-electron chi connectivity index (χ4n) is 2.95. The maximum Gasteiger partial charge on any atom is 0.0475 e. The van der Waals surface area contributed by atoms with Crippen molar-refractivity contribution in [1.82, 2.24) is 5.32 Å². The Morgan fingerprint density at radius 2 is 1.71 bits per heavy atom. The topological polar surface area (TPSA) is 21.3 Å². The average molecular weight is 233 g/mol. The third-order valence-electron chi connectivity index (χ3n) is 3.80. The summed E-state index contributed by atoms with van der Waals surface area (Å²) in [6.45, 7) is 7.17. The summed E-state index contributed by atoms with van der Waals surface area (Å²) >= 11 is 0. The molecule has 2 rings (SSSR count). The van der Waals surface area contributed by atoms with E-state index in [-0.39, 0.29) is 5.41 Å². The van der Waals surface area contributed by atoms with Gasteiger partial charge in [0.25, 0.3) is 0 Å². The Morgan fingerprint density at radius 1 is 1.12 bits per heavy atom. The van der Waals surface area contributed by atoms with E-state index in [0.717, 1.165) is 32.6 Å². The second-order valence-corrected chi connectivity index (χ2v) is 5.30. The summed E-state index contributed by atoms with van der Waals surface area (Å²) in [6.07, 6.45) is 2.24. The second kappa shape index (κ2) is 5.19. The summed E-state index contributed by atoms with van der Waals surface area (Å²) in [5, 5.41) is 3.36. The highest BCUT2D eigenvalue weighted by Crippen LogP contribution is 2.35. The summed E-state index contributed by atoms with van der Waals surface area (Å²) < 4.78 is 5.53. The molecule has 0 amide bonds. The van der Waals surface area contributed by atoms with Crippen molar-refractivity contribution in [3.8, 4) is 0 Å². The molecule has 0 saturated carbocycles. The molecule has 0 aliphatic carbocycles. The highest BCUT2D eigenvalue weighted by Gasteiger charge is 2.33. The molecule has 0 aromatic heterocycles. The molecule has 0 unspecified atom stereocenters. The Hall–Kier alpha value is -0.860. The third-order valence-corrected chi connectivity index (χ3v) is 3.80. The quantitative estimate of drug-likeness (QED) is 0.866. The van der Waals surface area contributed by atoms with Gasteiger partial charge in [-0.15, -0.1) is 0 Å². The first-order chi connectivity index (χ1) is 8.16. The Balaban J connectivity index is 2.37. The number of ether oxygens (including phenoxy) is 1. The molecule has 1 aromatic rings. The zero-order valence-corrected chi connectivity index (χ0v) is 11.2. The first kappa shape index (κ1) is 12.6. The van der Waals surface area contributed by atoms with E-state index < -0.39 is 0 Å². The number of aryl methyl sites for hydroxylation is 2. The van der Waals surface area contributed by atoms with E-state index in [9.17, 15) is 0 Å². The zero-order chi connectivity index (χ0) is 12.3. The van der Waals surface area contributed by atoms with E-state index in [1.165, 1.54) is 16.7 Å². The van der Waals surface area contributed by atoms with Crippen LogP contribution in [0.25, 0.3) is 0 Å². The van der Waals surface area contributed by atoms with Crippen LogP contribution in [0.5, 0.6) is 0 Å². The molecular weight excluding hydrogens is 210 g/mol. The van der Waals surface area contributed by atoms with Crippen LogP contribution in [0.4, 0.5) is 0 Å². The minimum absolute atomic E-state index is 0.268. The van der Waals surface area contributed by atoms with E-state index in [1.807, 2.05) is 7.05 Å². The van der Waals surface area contributed by atoms with Gasteiger partial charge in [-0.1, -0.05) is 29.3 Å². The van der Waals surface area contributed by atoms with Crippen LogP contribution in [0.2, 0.25) is 0 Å². The molecule has 0 bridgehead atoms. The number of hydrogen-bond donors (Lipinski definition) is 1. The molecule has 0 radical (unpaired) electrons. The standard InChI is InChI=1S/C15H23NO/c1-12-8-13(2)10-14(9-12)15(11-16-3)4-6-17-7-5-15/h8-10,16H,4-7,11H2,1-3H3. The van der Waals surface area contributed by atoms with Crippen molar-refractivity contribution in [1.29, 1.82) is 0 Å². The molecule has 1 heterocycles. The van der Waals surface area contributed by atoms with E-state index >= 15 is 0 Å². The summed E-state index contributed by atoms with van der Waals surface area (Å²) in [4.78, 5) is 0. The lowest BCUT2D eigenvalue weighted by Crippen LogP contribution is -2.41. The van der Waals surface area contributed by atoms with Gasteiger partial charge in [0.1, 0.15) is 0 Å². The highest BCUT2D eigenvalue weighted by atomic mass is 16.5. The summed E-state index contributed by atoms with van der Waals surface area (Å²) in [5.74, 6) is 0. The minimum atomic E-state index is 0.268. The van der Waals surface area contributed by atoms with Crippen molar-refractivity contribution < 1.29 is 4.74 Å². The number of nitrogens with one attached hydrogen (secondary N) is 1. The maximum atomic E-state index is 5.53. The molecule has 1 aliphatic rings. The molecular formula is C15H23NO. The summed E-state index contributed by atoms with van der Waals surface area (Å²) in [5.41, 5.74) is 4.47. The molecule has 0 spiro atoms. The van der Waals surface area contributed by atoms with Crippen LogP contribution in [-0.4, -0.2) is 26.8 Å².